The first-order valence-electron chi connectivity index (χ1n) is 9.21. The molecule has 150 valence electrons. The molecule has 0 bridgehead atoms. The fraction of sp³-hybridized carbons (Fsp3) is 0.333. The summed E-state index contributed by atoms with van der Waals surface area (Å²) < 4.78 is 7.65. The Bertz CT molecular complexity index is 922. The Labute approximate surface area is 183 Å². The summed E-state index contributed by atoms with van der Waals surface area (Å²) in [6.45, 7) is 4.47. The van der Waals surface area contributed by atoms with Crippen LogP contribution in [0.4, 0.5) is 0 Å². The number of aryl methyl sites for hydroxylation is 2. The van der Waals surface area contributed by atoms with Crippen LogP contribution in [-0.2, 0) is 13.1 Å². The highest BCUT2D eigenvalue weighted by Crippen LogP contribution is 2.17. The first kappa shape index (κ1) is 22.0. The zero-order valence-electron chi connectivity index (χ0n) is 16.6. The summed E-state index contributed by atoms with van der Waals surface area (Å²) in [6.07, 6.45) is 0.983. The molecule has 7 heteroatoms. The van der Waals surface area contributed by atoms with Gasteiger partial charge in [-0.1, -0.05) is 30.3 Å². The van der Waals surface area contributed by atoms with Crippen LogP contribution >= 0.6 is 24.0 Å². The zero-order valence-corrected chi connectivity index (χ0v) is 18.9. The second kappa shape index (κ2) is 10.9. The Balaban J connectivity index is 0.00000280. The number of halogens is 1. The molecule has 28 heavy (non-hydrogen) atoms. The standard InChI is InChI=1S/C21H27N5O.HI/c1-16-25-18-10-5-6-11-19(18)26(16)14-8-13-23-21(22-2)24-15-17-9-4-7-12-20(17)27-3;/h4-7,9-12H,8,13-15H2,1-3H3,(H2,22,23,24);1H. The molecule has 0 aliphatic heterocycles. The second-order valence-electron chi connectivity index (χ2n) is 6.32. The van der Waals surface area contributed by atoms with E-state index in [0.29, 0.717) is 6.54 Å². The molecule has 3 rings (SSSR count). The van der Waals surface area contributed by atoms with Crippen LogP contribution in [0.5, 0.6) is 5.75 Å². The average molecular weight is 493 g/mol. The van der Waals surface area contributed by atoms with Gasteiger partial charge in [-0.15, -0.1) is 24.0 Å². The smallest absolute Gasteiger partial charge is 0.191 e. The topological polar surface area (TPSA) is 63.5 Å². The first-order valence-corrected chi connectivity index (χ1v) is 9.21. The lowest BCUT2D eigenvalue weighted by molar-refractivity contribution is 0.409. The van der Waals surface area contributed by atoms with Crippen molar-refractivity contribution in [2.24, 2.45) is 4.99 Å². The number of rotatable bonds is 7. The van der Waals surface area contributed by atoms with E-state index in [2.05, 4.69) is 50.3 Å². The van der Waals surface area contributed by atoms with Gasteiger partial charge in [0.05, 0.1) is 18.1 Å². The van der Waals surface area contributed by atoms with Crippen molar-refractivity contribution in [3.63, 3.8) is 0 Å². The molecule has 0 radical (unpaired) electrons. The molecular weight excluding hydrogens is 465 g/mol. The lowest BCUT2D eigenvalue weighted by Crippen LogP contribution is -2.37. The van der Waals surface area contributed by atoms with Gasteiger partial charge in [0.2, 0.25) is 0 Å². The van der Waals surface area contributed by atoms with E-state index in [4.69, 9.17) is 4.74 Å². The van der Waals surface area contributed by atoms with Gasteiger partial charge in [0.25, 0.3) is 0 Å². The molecule has 0 saturated heterocycles. The number of fused-ring (bicyclic) bond motifs is 1. The number of aromatic nitrogens is 2. The summed E-state index contributed by atoms with van der Waals surface area (Å²) in [5.74, 6) is 2.71. The van der Waals surface area contributed by atoms with Crippen molar-refractivity contribution in [3.8, 4) is 5.75 Å². The van der Waals surface area contributed by atoms with E-state index in [-0.39, 0.29) is 24.0 Å². The van der Waals surface area contributed by atoms with Crippen molar-refractivity contribution in [3.05, 3.63) is 59.9 Å². The highest BCUT2D eigenvalue weighted by Gasteiger charge is 2.07. The number of methoxy groups -OCH3 is 1. The van der Waals surface area contributed by atoms with Crippen molar-refractivity contribution >= 4 is 41.0 Å². The minimum absolute atomic E-state index is 0. The van der Waals surface area contributed by atoms with Gasteiger partial charge in [0, 0.05) is 32.2 Å². The average Bonchev–Trinajstić information content (AvgIpc) is 3.02. The number of nitrogens with zero attached hydrogens (tertiary/aromatic N) is 3. The largest absolute Gasteiger partial charge is 0.496 e. The van der Waals surface area contributed by atoms with Crippen molar-refractivity contribution in [1.82, 2.24) is 20.2 Å². The minimum Gasteiger partial charge on any atom is -0.496 e. The highest BCUT2D eigenvalue weighted by atomic mass is 127. The second-order valence-corrected chi connectivity index (χ2v) is 6.32. The van der Waals surface area contributed by atoms with Gasteiger partial charge in [-0.05, 0) is 31.5 Å². The third-order valence-corrected chi connectivity index (χ3v) is 4.56. The summed E-state index contributed by atoms with van der Waals surface area (Å²) in [4.78, 5) is 8.91. The Morgan fingerprint density at radius 2 is 1.86 bits per heavy atom. The molecule has 6 nitrogen and oxygen atoms in total. The molecule has 0 amide bonds. The van der Waals surface area contributed by atoms with Crippen LogP contribution in [0.3, 0.4) is 0 Å². The van der Waals surface area contributed by atoms with Crippen molar-refractivity contribution in [2.75, 3.05) is 20.7 Å². The molecule has 0 atom stereocenters. The normalized spacial score (nSPS) is 11.2. The molecule has 1 heterocycles. The Morgan fingerprint density at radius 3 is 2.64 bits per heavy atom. The minimum atomic E-state index is 0. The number of para-hydroxylation sites is 3. The molecule has 1 aromatic heterocycles. The SMILES string of the molecule is CN=C(NCCCn1c(C)nc2ccccc21)NCc1ccccc1OC.I. The molecule has 0 aliphatic rings. The predicted molar refractivity (Wildman–Crippen MR) is 126 cm³/mol. The Hall–Kier alpha value is -2.29. The highest BCUT2D eigenvalue weighted by molar-refractivity contribution is 14.0. The van der Waals surface area contributed by atoms with Crippen molar-refractivity contribution in [2.45, 2.75) is 26.4 Å². The number of nitrogens with one attached hydrogen (secondary N) is 2. The Morgan fingerprint density at radius 1 is 1.11 bits per heavy atom. The van der Waals surface area contributed by atoms with Gasteiger partial charge in [-0.25, -0.2) is 4.98 Å². The third-order valence-electron chi connectivity index (χ3n) is 4.56. The molecule has 0 unspecified atom stereocenters. The maximum Gasteiger partial charge on any atom is 0.191 e. The molecule has 0 aliphatic carbocycles. The van der Waals surface area contributed by atoms with Crippen molar-refractivity contribution < 1.29 is 4.74 Å². The van der Waals surface area contributed by atoms with Gasteiger partial charge in [0.15, 0.2) is 5.96 Å². The molecule has 0 saturated carbocycles. The van der Waals surface area contributed by atoms with Gasteiger partial charge in [-0.2, -0.15) is 0 Å². The lowest BCUT2D eigenvalue weighted by Gasteiger charge is -2.14. The summed E-state index contributed by atoms with van der Waals surface area (Å²) in [6, 6.07) is 16.2. The maximum absolute atomic E-state index is 5.39. The fourth-order valence-electron chi connectivity index (χ4n) is 3.17. The van der Waals surface area contributed by atoms with Crippen LogP contribution in [0.2, 0.25) is 0 Å². The molecule has 0 fully saturated rings. The van der Waals surface area contributed by atoms with Gasteiger partial charge >= 0.3 is 0 Å². The summed E-state index contributed by atoms with van der Waals surface area (Å²) in [7, 11) is 3.47. The fourth-order valence-corrected chi connectivity index (χ4v) is 3.17. The lowest BCUT2D eigenvalue weighted by atomic mass is 10.2. The molecule has 2 N–H and O–H groups in total. The number of hydrogen-bond donors (Lipinski definition) is 2. The number of benzene rings is 2. The number of ether oxygens (including phenoxy) is 1. The van der Waals surface area contributed by atoms with E-state index in [1.165, 1.54) is 5.52 Å². The van der Waals surface area contributed by atoms with E-state index in [1.54, 1.807) is 14.2 Å². The van der Waals surface area contributed by atoms with Gasteiger partial charge in [0.1, 0.15) is 11.6 Å². The monoisotopic (exact) mass is 493 g/mol. The van der Waals surface area contributed by atoms with E-state index in [1.807, 2.05) is 30.3 Å². The Kier molecular flexibility index (Phi) is 8.56. The van der Waals surface area contributed by atoms with E-state index in [9.17, 15) is 0 Å². The van der Waals surface area contributed by atoms with Crippen LogP contribution < -0.4 is 15.4 Å². The summed E-state index contributed by atoms with van der Waals surface area (Å²) >= 11 is 0. The quantitative estimate of drug-likeness (QED) is 0.228. The van der Waals surface area contributed by atoms with Gasteiger partial charge in [-0.3, -0.25) is 4.99 Å². The van der Waals surface area contributed by atoms with E-state index in [0.717, 1.165) is 48.1 Å². The van der Waals surface area contributed by atoms with E-state index < -0.39 is 0 Å². The molecule has 0 spiro atoms. The molecule has 2 aromatic carbocycles. The summed E-state index contributed by atoms with van der Waals surface area (Å²) in [5.41, 5.74) is 3.34. The number of aliphatic imine (C=N–C) groups is 1. The van der Waals surface area contributed by atoms with E-state index >= 15 is 0 Å². The van der Waals surface area contributed by atoms with Gasteiger partial charge < -0.3 is 19.9 Å². The zero-order chi connectivity index (χ0) is 19.1. The predicted octanol–water partition coefficient (Wildman–Crippen LogP) is 3.73. The third kappa shape index (κ3) is 5.37. The maximum atomic E-state index is 5.39. The summed E-state index contributed by atoms with van der Waals surface area (Å²) in [5, 5.41) is 6.71. The molecular formula is C21H28IN5O. The first-order chi connectivity index (χ1) is 13.2. The number of hydrogen-bond acceptors (Lipinski definition) is 3. The number of imidazole rings is 1. The molecule has 3 aromatic rings. The number of guanidine groups is 1. The van der Waals surface area contributed by atoms with Crippen LogP contribution in [0, 0.1) is 6.92 Å². The van der Waals surface area contributed by atoms with Crippen LogP contribution in [0.15, 0.2) is 53.5 Å². The van der Waals surface area contributed by atoms with Crippen LogP contribution in [0.25, 0.3) is 11.0 Å². The van der Waals surface area contributed by atoms with Crippen LogP contribution in [0.1, 0.15) is 17.8 Å². The van der Waals surface area contributed by atoms with Crippen molar-refractivity contribution in [1.29, 1.82) is 0 Å². The van der Waals surface area contributed by atoms with Crippen LogP contribution in [-0.4, -0.2) is 36.2 Å².